The summed E-state index contributed by atoms with van der Waals surface area (Å²) in [7, 11) is 0. The van der Waals surface area contributed by atoms with E-state index >= 15 is 0 Å². The summed E-state index contributed by atoms with van der Waals surface area (Å²) in [6.07, 6.45) is 0. The van der Waals surface area contributed by atoms with Crippen LogP contribution in [0.3, 0.4) is 0 Å². The van der Waals surface area contributed by atoms with E-state index in [4.69, 9.17) is 5.11 Å². The zero-order chi connectivity index (χ0) is 10.7. The number of hydrogen-bond acceptors (Lipinski definition) is 4. The summed E-state index contributed by atoms with van der Waals surface area (Å²) in [6.45, 7) is 3.61. The van der Waals surface area contributed by atoms with E-state index in [1.54, 1.807) is 13.8 Å². The first-order valence-electron chi connectivity index (χ1n) is 4.00. The molecule has 0 unspecified atom stereocenters. The van der Waals surface area contributed by atoms with Crippen LogP contribution in [0.1, 0.15) is 34.0 Å². The van der Waals surface area contributed by atoms with Gasteiger partial charge in [0.25, 0.3) is 5.91 Å². The van der Waals surface area contributed by atoms with Gasteiger partial charge in [-0.05, 0) is 13.8 Å². The Morgan fingerprint density at radius 2 is 2.21 bits per heavy atom. The Morgan fingerprint density at radius 3 is 2.71 bits per heavy atom. The lowest BCUT2D eigenvalue weighted by Crippen LogP contribution is -2.30. The van der Waals surface area contributed by atoms with Crippen molar-refractivity contribution in [3.05, 3.63) is 16.1 Å². The lowest BCUT2D eigenvalue weighted by atomic mass is 10.3. The summed E-state index contributed by atoms with van der Waals surface area (Å²) in [5.74, 6) is -1.57. The largest absolute Gasteiger partial charge is 0.476 e. The number of carboxylic acid groups (broad SMARTS) is 1. The zero-order valence-corrected chi connectivity index (χ0v) is 8.59. The van der Waals surface area contributed by atoms with Crippen LogP contribution in [0, 0.1) is 0 Å². The fourth-order valence-corrected chi connectivity index (χ4v) is 1.57. The Bertz CT molecular complexity index is 359. The number of carbonyl (C=O) groups excluding carboxylic acids is 1. The minimum atomic E-state index is -1.18. The van der Waals surface area contributed by atoms with Crippen molar-refractivity contribution in [3.63, 3.8) is 0 Å². The third-order valence-electron chi connectivity index (χ3n) is 1.40. The standard InChI is InChI=1S/C8H10N2O3S/c1-4(2)10-7(11)6-5(8(12)13)9-3-14-6/h3-4H,1-2H3,(H,10,11)(H,12,13). The fraction of sp³-hybridized carbons (Fsp3) is 0.375. The van der Waals surface area contributed by atoms with E-state index in [9.17, 15) is 9.59 Å². The Kier molecular flexibility index (Phi) is 3.19. The van der Waals surface area contributed by atoms with E-state index in [1.165, 1.54) is 5.51 Å². The van der Waals surface area contributed by atoms with Crippen molar-refractivity contribution in [2.75, 3.05) is 0 Å². The van der Waals surface area contributed by atoms with Crippen LogP contribution < -0.4 is 5.32 Å². The summed E-state index contributed by atoms with van der Waals surface area (Å²) in [5, 5.41) is 11.3. The van der Waals surface area contributed by atoms with Gasteiger partial charge in [-0.2, -0.15) is 0 Å². The van der Waals surface area contributed by atoms with E-state index in [-0.39, 0.29) is 22.5 Å². The van der Waals surface area contributed by atoms with Gasteiger partial charge >= 0.3 is 5.97 Å². The molecule has 5 nitrogen and oxygen atoms in total. The molecule has 0 aliphatic carbocycles. The maximum absolute atomic E-state index is 11.4. The second-order valence-electron chi connectivity index (χ2n) is 2.96. The number of thiazole rings is 1. The number of nitrogens with zero attached hydrogens (tertiary/aromatic N) is 1. The summed E-state index contributed by atoms with van der Waals surface area (Å²) in [5.41, 5.74) is 1.16. The summed E-state index contributed by atoms with van der Waals surface area (Å²) in [6, 6.07) is -0.0220. The molecule has 1 rings (SSSR count). The van der Waals surface area contributed by atoms with E-state index in [2.05, 4.69) is 10.3 Å². The number of amides is 1. The minimum absolute atomic E-state index is 0.0220. The average Bonchev–Trinajstić information content (AvgIpc) is 2.49. The predicted octanol–water partition coefficient (Wildman–Crippen LogP) is 0.980. The molecular weight excluding hydrogens is 204 g/mol. The second kappa shape index (κ2) is 4.19. The van der Waals surface area contributed by atoms with Crippen molar-refractivity contribution in [2.45, 2.75) is 19.9 Å². The van der Waals surface area contributed by atoms with Crippen molar-refractivity contribution in [1.29, 1.82) is 0 Å². The first-order chi connectivity index (χ1) is 6.52. The quantitative estimate of drug-likeness (QED) is 0.786. The highest BCUT2D eigenvalue weighted by atomic mass is 32.1. The number of hydrogen-bond donors (Lipinski definition) is 2. The lowest BCUT2D eigenvalue weighted by Gasteiger charge is -2.06. The number of rotatable bonds is 3. The van der Waals surface area contributed by atoms with Crippen LogP contribution in [-0.4, -0.2) is 28.0 Å². The Morgan fingerprint density at radius 1 is 1.57 bits per heavy atom. The highest BCUT2D eigenvalue weighted by Crippen LogP contribution is 2.13. The Balaban J connectivity index is 2.90. The van der Waals surface area contributed by atoms with Crippen LogP contribution in [0.5, 0.6) is 0 Å². The zero-order valence-electron chi connectivity index (χ0n) is 7.77. The summed E-state index contributed by atoms with van der Waals surface area (Å²) in [4.78, 5) is 25.8. The van der Waals surface area contributed by atoms with E-state index in [0.29, 0.717) is 0 Å². The molecule has 1 amide bonds. The molecule has 0 aromatic carbocycles. The third kappa shape index (κ3) is 2.29. The van der Waals surface area contributed by atoms with Crippen LogP contribution >= 0.6 is 11.3 Å². The first-order valence-corrected chi connectivity index (χ1v) is 4.88. The molecule has 76 valence electrons. The molecule has 0 radical (unpaired) electrons. The lowest BCUT2D eigenvalue weighted by molar-refractivity contribution is 0.0685. The molecule has 0 fully saturated rings. The molecule has 0 aliphatic rings. The topological polar surface area (TPSA) is 79.3 Å². The first kappa shape index (κ1) is 10.6. The normalized spacial score (nSPS) is 10.2. The van der Waals surface area contributed by atoms with Gasteiger partial charge in [-0.15, -0.1) is 11.3 Å². The van der Waals surface area contributed by atoms with Crippen molar-refractivity contribution < 1.29 is 14.7 Å². The molecule has 1 aromatic heterocycles. The second-order valence-corrected chi connectivity index (χ2v) is 3.82. The SMILES string of the molecule is CC(C)NC(=O)c1scnc1C(=O)O. The average molecular weight is 214 g/mol. The van der Waals surface area contributed by atoms with Crippen molar-refractivity contribution in [2.24, 2.45) is 0 Å². The van der Waals surface area contributed by atoms with Crippen molar-refractivity contribution >= 4 is 23.2 Å². The molecule has 2 N–H and O–H groups in total. The van der Waals surface area contributed by atoms with Gasteiger partial charge in [-0.1, -0.05) is 0 Å². The van der Waals surface area contributed by atoms with Crippen molar-refractivity contribution in [3.8, 4) is 0 Å². The molecule has 1 heterocycles. The molecule has 1 aromatic rings. The minimum Gasteiger partial charge on any atom is -0.476 e. The fourth-order valence-electron chi connectivity index (χ4n) is 0.887. The number of carboxylic acids is 1. The molecule has 0 aliphatic heterocycles. The van der Waals surface area contributed by atoms with Gasteiger partial charge in [-0.3, -0.25) is 4.79 Å². The van der Waals surface area contributed by atoms with Gasteiger partial charge < -0.3 is 10.4 Å². The predicted molar refractivity (Wildman–Crippen MR) is 51.7 cm³/mol. The highest BCUT2D eigenvalue weighted by Gasteiger charge is 2.19. The maximum Gasteiger partial charge on any atom is 0.356 e. The molecule has 0 atom stereocenters. The maximum atomic E-state index is 11.4. The van der Waals surface area contributed by atoms with E-state index < -0.39 is 5.97 Å². The number of aromatic nitrogens is 1. The highest BCUT2D eigenvalue weighted by molar-refractivity contribution is 7.12. The van der Waals surface area contributed by atoms with Crippen molar-refractivity contribution in [1.82, 2.24) is 10.3 Å². The van der Waals surface area contributed by atoms with Gasteiger partial charge in [0.15, 0.2) is 5.69 Å². The van der Waals surface area contributed by atoms with Gasteiger partial charge in [0.2, 0.25) is 0 Å². The Hall–Kier alpha value is -1.43. The van der Waals surface area contributed by atoms with Gasteiger partial charge in [0, 0.05) is 6.04 Å². The van der Waals surface area contributed by atoms with Gasteiger partial charge in [-0.25, -0.2) is 9.78 Å². The number of carbonyl (C=O) groups is 2. The van der Waals surface area contributed by atoms with Crippen LogP contribution in [0.15, 0.2) is 5.51 Å². The summed E-state index contributed by atoms with van der Waals surface area (Å²) >= 11 is 1.02. The van der Waals surface area contributed by atoms with E-state index in [1.807, 2.05) is 0 Å². The van der Waals surface area contributed by atoms with Gasteiger partial charge in [0.1, 0.15) is 4.88 Å². The molecular formula is C8H10N2O3S. The van der Waals surface area contributed by atoms with Crippen LogP contribution in [-0.2, 0) is 0 Å². The smallest absolute Gasteiger partial charge is 0.356 e. The third-order valence-corrected chi connectivity index (χ3v) is 2.22. The van der Waals surface area contributed by atoms with Crippen LogP contribution in [0.25, 0.3) is 0 Å². The monoisotopic (exact) mass is 214 g/mol. The Labute approximate surface area is 84.8 Å². The molecule has 0 bridgehead atoms. The number of aromatic carboxylic acids is 1. The molecule has 0 saturated heterocycles. The molecule has 0 saturated carbocycles. The molecule has 0 spiro atoms. The molecule has 6 heteroatoms. The van der Waals surface area contributed by atoms with E-state index in [0.717, 1.165) is 11.3 Å². The van der Waals surface area contributed by atoms with Crippen LogP contribution in [0.2, 0.25) is 0 Å². The van der Waals surface area contributed by atoms with Crippen LogP contribution in [0.4, 0.5) is 0 Å². The van der Waals surface area contributed by atoms with Gasteiger partial charge in [0.05, 0.1) is 5.51 Å². The molecule has 14 heavy (non-hydrogen) atoms. The number of nitrogens with one attached hydrogen (secondary N) is 1. The summed E-state index contributed by atoms with van der Waals surface area (Å²) < 4.78 is 0.